The predicted octanol–water partition coefficient (Wildman–Crippen LogP) is 7.28. The van der Waals surface area contributed by atoms with Crippen LogP contribution in [0.1, 0.15) is 29.3 Å². The van der Waals surface area contributed by atoms with Gasteiger partial charge in [-0.25, -0.2) is 0 Å². The van der Waals surface area contributed by atoms with Gasteiger partial charge in [-0.05, 0) is 72.7 Å². The Balaban J connectivity index is 1.59. The highest BCUT2D eigenvalue weighted by molar-refractivity contribution is 8.00. The number of amides is 3. The second-order valence-corrected chi connectivity index (χ2v) is 11.5. The average Bonchev–Trinajstić information content (AvgIpc) is 3.07. The highest BCUT2D eigenvalue weighted by atomic mass is 35.5. The molecule has 3 amide bonds. The summed E-state index contributed by atoms with van der Waals surface area (Å²) in [6.45, 7) is 1.92. The normalized spacial score (nSPS) is 11.6. The van der Waals surface area contributed by atoms with Gasteiger partial charge in [0.2, 0.25) is 11.7 Å². The van der Waals surface area contributed by atoms with E-state index in [-0.39, 0.29) is 11.6 Å². The molecule has 238 valence electrons. The quantitative estimate of drug-likeness (QED) is 0.102. The van der Waals surface area contributed by atoms with E-state index in [0.717, 1.165) is 4.90 Å². The Hall–Kier alpha value is -4.93. The van der Waals surface area contributed by atoms with Crippen LogP contribution in [-0.4, -0.2) is 44.3 Å². The Morgan fingerprint density at radius 3 is 2.13 bits per heavy atom. The predicted molar refractivity (Wildman–Crippen MR) is 183 cm³/mol. The van der Waals surface area contributed by atoms with Gasteiger partial charge in [-0.3, -0.25) is 14.4 Å². The molecular weight excluding hydrogens is 626 g/mol. The van der Waals surface area contributed by atoms with Crippen molar-refractivity contribution in [2.24, 2.45) is 0 Å². The van der Waals surface area contributed by atoms with Crippen molar-refractivity contribution < 1.29 is 28.6 Å². The number of methoxy groups -OCH3 is 3. The molecule has 4 aromatic carbocycles. The first-order valence-electron chi connectivity index (χ1n) is 14.3. The molecular formula is C35H34ClN3O6S. The minimum absolute atomic E-state index is 0.0215. The number of rotatable bonds is 13. The first-order valence-corrected chi connectivity index (χ1v) is 15.5. The lowest BCUT2D eigenvalue weighted by Gasteiger charge is -2.16. The summed E-state index contributed by atoms with van der Waals surface area (Å²) in [7, 11) is 4.48. The van der Waals surface area contributed by atoms with E-state index < -0.39 is 17.1 Å². The van der Waals surface area contributed by atoms with E-state index >= 15 is 0 Å². The van der Waals surface area contributed by atoms with Crippen molar-refractivity contribution in [2.45, 2.75) is 23.5 Å². The fraction of sp³-hybridized carbons (Fsp3) is 0.171. The van der Waals surface area contributed by atoms with Gasteiger partial charge in [-0.15, -0.1) is 11.8 Å². The van der Waals surface area contributed by atoms with Crippen LogP contribution in [0.5, 0.6) is 17.2 Å². The number of benzene rings is 4. The van der Waals surface area contributed by atoms with Crippen molar-refractivity contribution in [2.75, 3.05) is 32.0 Å². The van der Waals surface area contributed by atoms with Crippen LogP contribution >= 0.6 is 23.4 Å². The molecule has 0 radical (unpaired) electrons. The van der Waals surface area contributed by atoms with Gasteiger partial charge in [0.05, 0.1) is 37.3 Å². The monoisotopic (exact) mass is 659 g/mol. The van der Waals surface area contributed by atoms with Crippen molar-refractivity contribution >= 4 is 58.5 Å². The molecule has 0 aliphatic heterocycles. The SMILES string of the molecule is CCC(Sc1cccc(NC(=O)/C(=C\c2cc(OC)c(OC)c(OC)c2)NC(=O)c2ccccc2)c1)C(=O)Nc1ccccc1Cl. The third kappa shape index (κ3) is 8.83. The fourth-order valence-corrected chi connectivity index (χ4v) is 5.60. The van der Waals surface area contributed by atoms with Crippen molar-refractivity contribution in [3.63, 3.8) is 0 Å². The van der Waals surface area contributed by atoms with Gasteiger partial charge in [0.25, 0.3) is 11.8 Å². The van der Waals surface area contributed by atoms with Crippen LogP contribution in [0.15, 0.2) is 102 Å². The molecule has 0 saturated heterocycles. The second-order valence-electron chi connectivity index (χ2n) is 9.80. The zero-order valence-corrected chi connectivity index (χ0v) is 27.3. The van der Waals surface area contributed by atoms with E-state index in [2.05, 4.69) is 16.0 Å². The van der Waals surface area contributed by atoms with Gasteiger partial charge in [-0.2, -0.15) is 0 Å². The molecule has 0 spiro atoms. The molecule has 11 heteroatoms. The molecule has 3 N–H and O–H groups in total. The summed E-state index contributed by atoms with van der Waals surface area (Å²) < 4.78 is 16.3. The van der Waals surface area contributed by atoms with Crippen LogP contribution < -0.4 is 30.2 Å². The van der Waals surface area contributed by atoms with Crippen molar-refractivity contribution in [3.8, 4) is 17.2 Å². The lowest BCUT2D eigenvalue weighted by atomic mass is 10.1. The Morgan fingerprint density at radius 1 is 0.826 bits per heavy atom. The van der Waals surface area contributed by atoms with E-state index in [1.54, 1.807) is 84.9 Å². The number of thioether (sulfide) groups is 1. The molecule has 4 aromatic rings. The molecule has 9 nitrogen and oxygen atoms in total. The lowest BCUT2D eigenvalue weighted by Crippen LogP contribution is -2.30. The molecule has 1 atom stereocenters. The van der Waals surface area contributed by atoms with Gasteiger partial charge in [0.1, 0.15) is 5.70 Å². The highest BCUT2D eigenvalue weighted by Gasteiger charge is 2.21. The summed E-state index contributed by atoms with van der Waals surface area (Å²) in [5.41, 5.74) is 1.89. The number of carbonyl (C=O) groups is 3. The maximum Gasteiger partial charge on any atom is 0.272 e. The molecule has 0 saturated carbocycles. The highest BCUT2D eigenvalue weighted by Crippen LogP contribution is 2.39. The lowest BCUT2D eigenvalue weighted by molar-refractivity contribution is -0.116. The number of nitrogens with one attached hydrogen (secondary N) is 3. The van der Waals surface area contributed by atoms with Crippen LogP contribution in [0.4, 0.5) is 11.4 Å². The molecule has 0 heterocycles. The van der Waals surface area contributed by atoms with Gasteiger partial charge in [-0.1, -0.05) is 54.9 Å². The van der Waals surface area contributed by atoms with Crippen molar-refractivity contribution in [3.05, 3.63) is 113 Å². The summed E-state index contributed by atoms with van der Waals surface area (Å²) in [4.78, 5) is 40.6. The largest absolute Gasteiger partial charge is 0.493 e. The number of para-hydroxylation sites is 1. The Kier molecular flexibility index (Phi) is 12.1. The summed E-state index contributed by atoms with van der Waals surface area (Å²) in [5.74, 6) is -0.0549. The van der Waals surface area contributed by atoms with E-state index in [0.29, 0.717) is 51.2 Å². The van der Waals surface area contributed by atoms with Crippen molar-refractivity contribution in [1.29, 1.82) is 0 Å². The van der Waals surface area contributed by atoms with Crippen LogP contribution in [0.3, 0.4) is 0 Å². The molecule has 0 fully saturated rings. The zero-order chi connectivity index (χ0) is 33.1. The third-order valence-electron chi connectivity index (χ3n) is 6.69. The fourth-order valence-electron chi connectivity index (χ4n) is 4.40. The summed E-state index contributed by atoms with van der Waals surface area (Å²) in [5, 5.41) is 8.53. The van der Waals surface area contributed by atoms with Crippen LogP contribution in [0, 0.1) is 0 Å². The molecule has 0 bridgehead atoms. The first-order chi connectivity index (χ1) is 22.3. The second kappa shape index (κ2) is 16.4. The number of carbonyl (C=O) groups excluding carboxylic acids is 3. The van der Waals surface area contributed by atoms with Gasteiger partial charge in [0.15, 0.2) is 11.5 Å². The molecule has 0 aromatic heterocycles. The van der Waals surface area contributed by atoms with Crippen LogP contribution in [0.25, 0.3) is 6.08 Å². The average molecular weight is 660 g/mol. The molecule has 0 aliphatic carbocycles. The summed E-state index contributed by atoms with van der Waals surface area (Å²) in [6.07, 6.45) is 2.08. The Morgan fingerprint density at radius 2 is 1.50 bits per heavy atom. The molecule has 0 aliphatic rings. The number of anilines is 2. The van der Waals surface area contributed by atoms with Gasteiger partial charge < -0.3 is 30.2 Å². The van der Waals surface area contributed by atoms with Crippen molar-refractivity contribution in [1.82, 2.24) is 5.32 Å². The van der Waals surface area contributed by atoms with Gasteiger partial charge >= 0.3 is 0 Å². The third-order valence-corrected chi connectivity index (χ3v) is 8.38. The zero-order valence-electron chi connectivity index (χ0n) is 25.8. The van der Waals surface area contributed by atoms with Crippen LogP contribution in [0.2, 0.25) is 5.02 Å². The smallest absolute Gasteiger partial charge is 0.272 e. The van der Waals surface area contributed by atoms with E-state index in [4.69, 9.17) is 25.8 Å². The molecule has 4 rings (SSSR count). The number of hydrogen-bond acceptors (Lipinski definition) is 7. The van der Waals surface area contributed by atoms with Crippen LogP contribution in [-0.2, 0) is 9.59 Å². The van der Waals surface area contributed by atoms with E-state index in [1.807, 2.05) is 13.0 Å². The molecule has 46 heavy (non-hydrogen) atoms. The topological polar surface area (TPSA) is 115 Å². The number of halogens is 1. The minimum Gasteiger partial charge on any atom is -0.493 e. The van der Waals surface area contributed by atoms with E-state index in [9.17, 15) is 14.4 Å². The number of ether oxygens (including phenoxy) is 3. The maximum atomic E-state index is 13.7. The Labute approximate surface area is 277 Å². The Bertz CT molecular complexity index is 1710. The van der Waals surface area contributed by atoms with Gasteiger partial charge in [0, 0.05) is 16.1 Å². The minimum atomic E-state index is -0.566. The number of hydrogen-bond donors (Lipinski definition) is 3. The summed E-state index contributed by atoms with van der Waals surface area (Å²) in [6, 6.07) is 26.1. The first kappa shape index (κ1) is 34.0. The summed E-state index contributed by atoms with van der Waals surface area (Å²) >= 11 is 7.59. The van der Waals surface area contributed by atoms with E-state index in [1.165, 1.54) is 39.2 Å². The maximum absolute atomic E-state index is 13.7. The molecule has 1 unspecified atom stereocenters. The standard InChI is InChI=1S/C35H34ClN3O6S/c1-5-31(35(42)38-27-17-10-9-16-26(27)36)46-25-15-11-14-24(21-25)37-34(41)28(39-33(40)23-12-7-6-8-13-23)18-22-19-29(43-2)32(45-4)30(20-22)44-3/h6-21,31H,5H2,1-4H3,(H,37,41)(H,38,42)(H,39,40)/b28-18+.